The molecule has 2 heterocycles. The number of amides is 1. The molecule has 1 fully saturated rings. The highest BCUT2D eigenvalue weighted by atomic mass is 19.4. The van der Waals surface area contributed by atoms with E-state index in [1.54, 1.807) is 0 Å². The molecular weight excluding hydrogens is 340 g/mol. The van der Waals surface area contributed by atoms with Crippen molar-refractivity contribution < 1.29 is 27.1 Å². The van der Waals surface area contributed by atoms with Gasteiger partial charge < -0.3 is 9.64 Å². The van der Waals surface area contributed by atoms with Crippen LogP contribution in [-0.4, -0.2) is 35.0 Å². The van der Waals surface area contributed by atoms with Gasteiger partial charge in [-0.25, -0.2) is 9.37 Å². The number of likely N-dealkylation sites (tertiary alicyclic amines) is 1. The lowest BCUT2D eigenvalue weighted by Gasteiger charge is -2.39. The van der Waals surface area contributed by atoms with Crippen LogP contribution in [0.3, 0.4) is 0 Å². The summed E-state index contributed by atoms with van der Waals surface area (Å²) >= 11 is 0. The summed E-state index contributed by atoms with van der Waals surface area (Å²) in [5.74, 6) is -1.06. The molecule has 1 aromatic carbocycles. The highest BCUT2D eigenvalue weighted by molar-refractivity contribution is 5.79. The number of hydrogen-bond donors (Lipinski definition) is 0. The first-order valence-electron chi connectivity index (χ1n) is 7.54. The van der Waals surface area contributed by atoms with Crippen LogP contribution < -0.4 is 4.74 Å². The van der Waals surface area contributed by atoms with Crippen LogP contribution in [0.1, 0.15) is 11.1 Å². The van der Waals surface area contributed by atoms with Crippen LogP contribution in [0.4, 0.5) is 17.6 Å². The van der Waals surface area contributed by atoms with Gasteiger partial charge in [-0.05, 0) is 29.8 Å². The molecule has 132 valence electrons. The third kappa shape index (κ3) is 4.07. The second-order valence-electron chi connectivity index (χ2n) is 5.70. The highest BCUT2D eigenvalue weighted by Gasteiger charge is 2.38. The van der Waals surface area contributed by atoms with E-state index < -0.39 is 23.7 Å². The first-order valence-corrected chi connectivity index (χ1v) is 7.54. The normalized spacial score (nSPS) is 15.0. The number of rotatable bonds is 4. The van der Waals surface area contributed by atoms with Gasteiger partial charge in [0.25, 0.3) is 0 Å². The van der Waals surface area contributed by atoms with Crippen LogP contribution in [0.5, 0.6) is 5.88 Å². The maximum Gasteiger partial charge on any atom is 0.421 e. The largest absolute Gasteiger partial charge is 0.470 e. The number of hydrogen-bond acceptors (Lipinski definition) is 3. The zero-order valence-corrected chi connectivity index (χ0v) is 13.0. The number of carbonyl (C=O) groups is 1. The molecule has 0 atom stereocenters. The SMILES string of the molecule is O=C(Cc1ccc(F)cc1)N1CC(Oc2ncccc2C(F)(F)F)C1. The first kappa shape index (κ1) is 17.2. The molecule has 1 saturated heterocycles. The van der Waals surface area contributed by atoms with Gasteiger partial charge in [-0.15, -0.1) is 0 Å². The molecule has 1 aromatic heterocycles. The summed E-state index contributed by atoms with van der Waals surface area (Å²) in [7, 11) is 0. The fourth-order valence-corrected chi connectivity index (χ4v) is 2.46. The van der Waals surface area contributed by atoms with Crippen LogP contribution in [0.2, 0.25) is 0 Å². The summed E-state index contributed by atoms with van der Waals surface area (Å²) in [6, 6.07) is 7.66. The minimum absolute atomic E-state index is 0.102. The first-order chi connectivity index (χ1) is 11.8. The lowest BCUT2D eigenvalue weighted by Crippen LogP contribution is -2.56. The predicted molar refractivity (Wildman–Crippen MR) is 80.3 cm³/mol. The molecule has 25 heavy (non-hydrogen) atoms. The molecule has 1 amide bonds. The molecule has 0 radical (unpaired) electrons. The van der Waals surface area contributed by atoms with Crippen LogP contribution in [0, 0.1) is 5.82 Å². The molecule has 0 bridgehead atoms. The van der Waals surface area contributed by atoms with Crippen LogP contribution >= 0.6 is 0 Å². The van der Waals surface area contributed by atoms with Crippen molar-refractivity contribution in [2.24, 2.45) is 0 Å². The molecule has 1 aliphatic rings. The molecule has 3 rings (SSSR count). The lowest BCUT2D eigenvalue weighted by atomic mass is 10.1. The quantitative estimate of drug-likeness (QED) is 0.793. The Kier molecular flexibility index (Phi) is 4.61. The van der Waals surface area contributed by atoms with Crippen LogP contribution in [0.15, 0.2) is 42.6 Å². The monoisotopic (exact) mass is 354 g/mol. The number of alkyl halides is 3. The predicted octanol–water partition coefficient (Wildman–Crippen LogP) is 3.07. The number of aromatic nitrogens is 1. The Labute approximate surface area is 141 Å². The molecule has 0 saturated carbocycles. The number of nitrogens with zero attached hydrogens (tertiary/aromatic N) is 2. The van der Waals surface area contributed by atoms with E-state index in [1.165, 1.54) is 41.4 Å². The van der Waals surface area contributed by atoms with Gasteiger partial charge in [0, 0.05) is 6.20 Å². The minimum atomic E-state index is -4.55. The zero-order chi connectivity index (χ0) is 18.0. The molecule has 8 heteroatoms. The van der Waals surface area contributed by atoms with Crippen molar-refractivity contribution in [3.05, 3.63) is 59.5 Å². The number of halogens is 4. The van der Waals surface area contributed by atoms with E-state index in [4.69, 9.17) is 4.74 Å². The minimum Gasteiger partial charge on any atom is -0.470 e. The molecular formula is C17H14F4N2O2. The third-order valence-electron chi connectivity index (χ3n) is 3.82. The average Bonchev–Trinajstić information content (AvgIpc) is 2.52. The Morgan fingerprint density at radius 1 is 1.20 bits per heavy atom. The average molecular weight is 354 g/mol. The molecule has 2 aromatic rings. The Bertz CT molecular complexity index is 756. The van der Waals surface area contributed by atoms with Gasteiger partial charge in [0.15, 0.2) is 0 Å². The van der Waals surface area contributed by atoms with Crippen molar-refractivity contribution >= 4 is 5.91 Å². The van der Waals surface area contributed by atoms with Gasteiger partial charge >= 0.3 is 6.18 Å². The van der Waals surface area contributed by atoms with Gasteiger partial charge in [0.2, 0.25) is 11.8 Å². The van der Waals surface area contributed by atoms with Crippen LogP contribution in [-0.2, 0) is 17.4 Å². The molecule has 1 aliphatic heterocycles. The summed E-state index contributed by atoms with van der Waals surface area (Å²) in [6.45, 7) is 0.377. The molecule has 0 unspecified atom stereocenters. The second-order valence-corrected chi connectivity index (χ2v) is 5.70. The smallest absolute Gasteiger partial charge is 0.421 e. The third-order valence-corrected chi connectivity index (χ3v) is 3.82. The van der Waals surface area contributed by atoms with E-state index in [0.717, 1.165) is 6.07 Å². The topological polar surface area (TPSA) is 42.4 Å². The van der Waals surface area contributed by atoms with E-state index >= 15 is 0 Å². The number of benzene rings is 1. The summed E-state index contributed by atoms with van der Waals surface area (Å²) < 4.78 is 56.8. The van der Waals surface area contributed by atoms with Crippen molar-refractivity contribution in [3.8, 4) is 5.88 Å². The fourth-order valence-electron chi connectivity index (χ4n) is 2.46. The Morgan fingerprint density at radius 3 is 2.52 bits per heavy atom. The summed E-state index contributed by atoms with van der Waals surface area (Å²) in [5, 5.41) is 0. The van der Waals surface area contributed by atoms with Gasteiger partial charge in [0.1, 0.15) is 17.5 Å². The van der Waals surface area contributed by atoms with Crippen molar-refractivity contribution in [1.82, 2.24) is 9.88 Å². The maximum atomic E-state index is 12.9. The van der Waals surface area contributed by atoms with E-state index in [9.17, 15) is 22.4 Å². The summed E-state index contributed by atoms with van der Waals surface area (Å²) in [6.07, 6.45) is -3.76. The number of ether oxygens (including phenoxy) is 1. The van der Waals surface area contributed by atoms with Crippen LogP contribution in [0.25, 0.3) is 0 Å². The summed E-state index contributed by atoms with van der Waals surface area (Å²) in [5.41, 5.74) is -0.272. The molecule has 0 N–H and O–H groups in total. The van der Waals surface area contributed by atoms with Crippen molar-refractivity contribution in [2.75, 3.05) is 13.1 Å². The zero-order valence-electron chi connectivity index (χ0n) is 13.0. The maximum absolute atomic E-state index is 12.9. The Balaban J connectivity index is 1.55. The van der Waals surface area contributed by atoms with Crippen molar-refractivity contribution in [1.29, 1.82) is 0 Å². The van der Waals surface area contributed by atoms with Gasteiger partial charge in [-0.1, -0.05) is 12.1 Å². The molecule has 0 aliphatic carbocycles. The highest BCUT2D eigenvalue weighted by Crippen LogP contribution is 2.35. The Morgan fingerprint density at radius 2 is 1.88 bits per heavy atom. The van der Waals surface area contributed by atoms with E-state index in [-0.39, 0.29) is 31.2 Å². The lowest BCUT2D eigenvalue weighted by molar-refractivity contribution is -0.144. The number of pyridine rings is 1. The molecule has 4 nitrogen and oxygen atoms in total. The van der Waals surface area contributed by atoms with E-state index in [0.29, 0.717) is 5.56 Å². The standard InChI is InChI=1S/C17H14F4N2O2/c18-12-5-3-11(4-6-12)8-15(24)23-9-13(10-23)25-16-14(17(19,20)21)2-1-7-22-16/h1-7,13H,8-10H2. The van der Waals surface area contributed by atoms with Gasteiger partial charge in [0.05, 0.1) is 19.5 Å². The van der Waals surface area contributed by atoms with Gasteiger partial charge in [-0.2, -0.15) is 13.2 Å². The fraction of sp³-hybridized carbons (Fsp3) is 0.294. The van der Waals surface area contributed by atoms with E-state index in [2.05, 4.69) is 4.98 Å². The number of carbonyl (C=O) groups excluding carboxylic acids is 1. The Hall–Kier alpha value is -2.64. The van der Waals surface area contributed by atoms with Crippen molar-refractivity contribution in [2.45, 2.75) is 18.7 Å². The molecule has 0 spiro atoms. The van der Waals surface area contributed by atoms with Crippen molar-refractivity contribution in [3.63, 3.8) is 0 Å². The van der Waals surface area contributed by atoms with Gasteiger partial charge in [-0.3, -0.25) is 4.79 Å². The van der Waals surface area contributed by atoms with E-state index in [1.807, 2.05) is 0 Å². The summed E-state index contributed by atoms with van der Waals surface area (Å²) in [4.78, 5) is 17.2. The second kappa shape index (κ2) is 6.70.